The van der Waals surface area contributed by atoms with E-state index in [1.54, 1.807) is 4.68 Å². The monoisotopic (exact) mass is 401 g/mol. The lowest BCUT2D eigenvalue weighted by Crippen LogP contribution is -2.22. The number of carbonyl (C=O) groups excluding carboxylic acids is 1. The largest absolute Gasteiger partial charge is 0.484 e. The van der Waals surface area contributed by atoms with Crippen molar-refractivity contribution >= 4 is 11.7 Å². The second-order valence-electron chi connectivity index (χ2n) is 6.74. The standard InChI is InChI=1S/C21H18F3N3O2/c22-21(23,24)14-6-4-9-16(12-14)29-13-19(28)25-20-17-10-5-11-18(17)26-27(20)15-7-2-1-3-8-15/h1-4,6-9,12H,5,10-11,13H2,(H,25,28). The third-order valence-corrected chi connectivity index (χ3v) is 4.70. The number of nitrogens with zero attached hydrogens (tertiary/aromatic N) is 2. The van der Waals surface area contributed by atoms with E-state index in [0.29, 0.717) is 5.82 Å². The number of hydrogen-bond donors (Lipinski definition) is 1. The summed E-state index contributed by atoms with van der Waals surface area (Å²) < 4.78 is 45.4. The summed E-state index contributed by atoms with van der Waals surface area (Å²) in [6.07, 6.45) is -1.84. The Kier molecular flexibility index (Phi) is 5.00. The summed E-state index contributed by atoms with van der Waals surface area (Å²) in [5, 5.41) is 7.43. The van der Waals surface area contributed by atoms with Gasteiger partial charge in [0, 0.05) is 5.56 Å². The highest BCUT2D eigenvalue weighted by Crippen LogP contribution is 2.32. The molecule has 0 atom stereocenters. The predicted molar refractivity (Wildman–Crippen MR) is 101 cm³/mol. The van der Waals surface area contributed by atoms with Crippen LogP contribution in [0.5, 0.6) is 5.75 Å². The number of nitrogens with one attached hydrogen (secondary N) is 1. The summed E-state index contributed by atoms with van der Waals surface area (Å²) in [4.78, 5) is 12.4. The number of anilines is 1. The maximum atomic E-state index is 12.8. The first-order chi connectivity index (χ1) is 13.9. The number of alkyl halides is 3. The Labute approximate surface area is 165 Å². The van der Waals surface area contributed by atoms with Crippen molar-refractivity contribution in [3.05, 3.63) is 71.4 Å². The number of benzene rings is 2. The minimum atomic E-state index is -4.47. The number of aryl methyl sites for hydroxylation is 1. The summed E-state index contributed by atoms with van der Waals surface area (Å²) in [6, 6.07) is 13.9. The van der Waals surface area contributed by atoms with E-state index in [1.165, 1.54) is 12.1 Å². The molecule has 0 spiro atoms. The Bertz CT molecular complexity index is 1030. The van der Waals surface area contributed by atoms with Crippen LogP contribution in [0.2, 0.25) is 0 Å². The second-order valence-corrected chi connectivity index (χ2v) is 6.74. The van der Waals surface area contributed by atoms with Crippen molar-refractivity contribution in [3.63, 3.8) is 0 Å². The lowest BCUT2D eigenvalue weighted by molar-refractivity contribution is -0.137. The molecule has 1 N–H and O–H groups in total. The fourth-order valence-electron chi connectivity index (χ4n) is 3.36. The average Bonchev–Trinajstić information content (AvgIpc) is 3.29. The van der Waals surface area contributed by atoms with Crippen LogP contribution in [0, 0.1) is 0 Å². The van der Waals surface area contributed by atoms with Crippen LogP contribution >= 0.6 is 0 Å². The van der Waals surface area contributed by atoms with E-state index in [-0.39, 0.29) is 5.75 Å². The van der Waals surface area contributed by atoms with Crippen molar-refractivity contribution in [3.8, 4) is 11.4 Å². The maximum Gasteiger partial charge on any atom is 0.416 e. The van der Waals surface area contributed by atoms with Crippen LogP contribution in [0.4, 0.5) is 19.0 Å². The molecule has 5 nitrogen and oxygen atoms in total. The van der Waals surface area contributed by atoms with E-state index in [4.69, 9.17) is 4.74 Å². The molecule has 0 saturated carbocycles. The molecular weight excluding hydrogens is 383 g/mol. The minimum absolute atomic E-state index is 0.0169. The zero-order valence-electron chi connectivity index (χ0n) is 15.4. The van der Waals surface area contributed by atoms with E-state index in [0.717, 1.165) is 48.3 Å². The predicted octanol–water partition coefficient (Wildman–Crippen LogP) is 4.40. The van der Waals surface area contributed by atoms with Gasteiger partial charge in [0.25, 0.3) is 5.91 Å². The Morgan fingerprint density at radius 2 is 1.90 bits per heavy atom. The molecule has 1 amide bonds. The fraction of sp³-hybridized carbons (Fsp3) is 0.238. The molecule has 2 aromatic carbocycles. The van der Waals surface area contributed by atoms with E-state index < -0.39 is 24.3 Å². The Balaban J connectivity index is 1.50. The van der Waals surface area contributed by atoms with Crippen molar-refractivity contribution < 1.29 is 22.7 Å². The number of carbonyl (C=O) groups is 1. The van der Waals surface area contributed by atoms with Crippen molar-refractivity contribution in [1.29, 1.82) is 0 Å². The fourth-order valence-corrected chi connectivity index (χ4v) is 3.36. The first-order valence-corrected chi connectivity index (χ1v) is 9.18. The van der Waals surface area contributed by atoms with Gasteiger partial charge >= 0.3 is 6.18 Å². The van der Waals surface area contributed by atoms with E-state index in [1.807, 2.05) is 30.3 Å². The van der Waals surface area contributed by atoms with E-state index in [2.05, 4.69) is 10.4 Å². The number of hydrogen-bond acceptors (Lipinski definition) is 3. The van der Waals surface area contributed by atoms with Crippen LogP contribution in [-0.4, -0.2) is 22.3 Å². The molecule has 0 radical (unpaired) electrons. The highest BCUT2D eigenvalue weighted by atomic mass is 19.4. The van der Waals surface area contributed by atoms with Gasteiger partial charge in [-0.05, 0) is 49.6 Å². The molecule has 4 rings (SSSR count). The lowest BCUT2D eigenvalue weighted by Gasteiger charge is -2.12. The maximum absolute atomic E-state index is 12.8. The Morgan fingerprint density at radius 1 is 1.10 bits per heavy atom. The SMILES string of the molecule is O=C(COc1cccc(C(F)(F)F)c1)Nc1c2c(nn1-c1ccccc1)CCC2. The third-order valence-electron chi connectivity index (χ3n) is 4.70. The van der Waals surface area contributed by atoms with Crippen molar-refractivity contribution in [2.45, 2.75) is 25.4 Å². The molecule has 1 aromatic heterocycles. The van der Waals surface area contributed by atoms with Gasteiger partial charge in [-0.2, -0.15) is 18.3 Å². The van der Waals surface area contributed by atoms with Gasteiger partial charge in [0.15, 0.2) is 6.61 Å². The molecule has 0 fully saturated rings. The van der Waals surface area contributed by atoms with Gasteiger partial charge in [-0.25, -0.2) is 4.68 Å². The quantitative estimate of drug-likeness (QED) is 0.690. The third kappa shape index (κ3) is 4.11. The summed E-state index contributed by atoms with van der Waals surface area (Å²) in [5.74, 6) is 0.104. The minimum Gasteiger partial charge on any atom is -0.484 e. The topological polar surface area (TPSA) is 56.1 Å². The lowest BCUT2D eigenvalue weighted by atomic mass is 10.2. The molecule has 1 heterocycles. The number of aromatic nitrogens is 2. The molecule has 0 unspecified atom stereocenters. The number of fused-ring (bicyclic) bond motifs is 1. The highest BCUT2D eigenvalue weighted by Gasteiger charge is 2.30. The molecule has 3 aromatic rings. The zero-order valence-corrected chi connectivity index (χ0v) is 15.4. The van der Waals surface area contributed by atoms with Gasteiger partial charge < -0.3 is 10.1 Å². The molecular formula is C21H18F3N3O2. The smallest absolute Gasteiger partial charge is 0.416 e. The number of para-hydroxylation sites is 1. The summed E-state index contributed by atoms with van der Waals surface area (Å²) in [7, 11) is 0. The van der Waals surface area contributed by atoms with Gasteiger partial charge in [-0.15, -0.1) is 0 Å². The van der Waals surface area contributed by atoms with Gasteiger partial charge in [-0.1, -0.05) is 24.3 Å². The Hall–Kier alpha value is -3.29. The van der Waals surface area contributed by atoms with Crippen LogP contribution in [-0.2, 0) is 23.8 Å². The van der Waals surface area contributed by atoms with Gasteiger partial charge in [0.2, 0.25) is 0 Å². The number of rotatable bonds is 5. The Morgan fingerprint density at radius 3 is 2.66 bits per heavy atom. The molecule has 150 valence electrons. The van der Waals surface area contributed by atoms with Crippen LogP contribution in [0.15, 0.2) is 54.6 Å². The molecule has 1 aliphatic rings. The summed E-state index contributed by atoms with van der Waals surface area (Å²) >= 11 is 0. The number of ether oxygens (including phenoxy) is 1. The summed E-state index contributed by atoms with van der Waals surface area (Å²) in [5.41, 5.74) is 1.93. The van der Waals surface area contributed by atoms with E-state index >= 15 is 0 Å². The molecule has 0 aliphatic heterocycles. The van der Waals surface area contributed by atoms with Gasteiger partial charge in [0.05, 0.1) is 16.9 Å². The van der Waals surface area contributed by atoms with Gasteiger partial charge in [-0.3, -0.25) is 4.79 Å². The van der Waals surface area contributed by atoms with Gasteiger partial charge in [0.1, 0.15) is 11.6 Å². The molecule has 0 saturated heterocycles. The molecule has 0 bridgehead atoms. The van der Waals surface area contributed by atoms with Crippen LogP contribution in [0.25, 0.3) is 5.69 Å². The van der Waals surface area contributed by atoms with Crippen LogP contribution in [0.1, 0.15) is 23.2 Å². The van der Waals surface area contributed by atoms with Crippen molar-refractivity contribution in [2.24, 2.45) is 0 Å². The van der Waals surface area contributed by atoms with Crippen LogP contribution < -0.4 is 10.1 Å². The summed E-state index contributed by atoms with van der Waals surface area (Å²) in [6.45, 7) is -0.407. The highest BCUT2D eigenvalue weighted by molar-refractivity contribution is 5.92. The second kappa shape index (κ2) is 7.62. The van der Waals surface area contributed by atoms with Crippen molar-refractivity contribution in [2.75, 3.05) is 11.9 Å². The molecule has 8 heteroatoms. The zero-order chi connectivity index (χ0) is 20.4. The normalized spacial score (nSPS) is 13.2. The molecule has 29 heavy (non-hydrogen) atoms. The molecule has 1 aliphatic carbocycles. The number of amides is 1. The van der Waals surface area contributed by atoms with E-state index in [9.17, 15) is 18.0 Å². The first-order valence-electron chi connectivity index (χ1n) is 9.18. The number of halogens is 3. The van der Waals surface area contributed by atoms with Crippen molar-refractivity contribution in [1.82, 2.24) is 9.78 Å². The van der Waals surface area contributed by atoms with Crippen LogP contribution in [0.3, 0.4) is 0 Å². The first kappa shape index (κ1) is 19.0. The average molecular weight is 401 g/mol.